The topological polar surface area (TPSA) is 78.5 Å². The number of amides is 3. The highest BCUT2D eigenvalue weighted by Crippen LogP contribution is 2.26. The molecule has 0 unspecified atom stereocenters. The minimum atomic E-state index is -0.485. The Kier molecular flexibility index (Phi) is 5.14. The van der Waals surface area contributed by atoms with Crippen molar-refractivity contribution in [3.05, 3.63) is 52.2 Å². The van der Waals surface area contributed by atoms with Crippen LogP contribution in [0.25, 0.3) is 0 Å². The second-order valence-electron chi connectivity index (χ2n) is 5.85. The molecule has 1 aliphatic heterocycles. The normalized spacial score (nSPS) is 16.8. The van der Waals surface area contributed by atoms with Crippen LogP contribution in [0.2, 0.25) is 0 Å². The zero-order valence-corrected chi connectivity index (χ0v) is 14.6. The standard InChI is InChI=1S/C18H19N3O3S/c1-2-12-5-3-6-14(9-12)21-11-13(10-16(21)22)17(23)19-20-18(24)15-7-4-8-25-15/h3-9,13H,2,10-11H2,1H3,(H,19,23)(H,20,24)/t13-/m0/s1. The maximum atomic E-state index is 12.3. The zero-order valence-electron chi connectivity index (χ0n) is 13.8. The number of nitrogens with one attached hydrogen (secondary N) is 2. The molecule has 2 aromatic rings. The molecule has 0 spiro atoms. The van der Waals surface area contributed by atoms with Gasteiger partial charge in [0, 0.05) is 18.7 Å². The van der Waals surface area contributed by atoms with E-state index in [2.05, 4.69) is 17.8 Å². The van der Waals surface area contributed by atoms with Gasteiger partial charge >= 0.3 is 0 Å². The lowest BCUT2D eigenvalue weighted by Crippen LogP contribution is -2.44. The summed E-state index contributed by atoms with van der Waals surface area (Å²) in [5.74, 6) is -1.29. The molecule has 0 aliphatic carbocycles. The van der Waals surface area contributed by atoms with Gasteiger partial charge in [-0.2, -0.15) is 0 Å². The van der Waals surface area contributed by atoms with Gasteiger partial charge in [-0.25, -0.2) is 0 Å². The second kappa shape index (κ2) is 7.48. The Bertz CT molecular complexity index is 789. The molecule has 6 nitrogen and oxygen atoms in total. The highest BCUT2D eigenvalue weighted by atomic mass is 32.1. The van der Waals surface area contributed by atoms with Crippen LogP contribution in [0.15, 0.2) is 41.8 Å². The number of hydrogen-bond acceptors (Lipinski definition) is 4. The first-order valence-corrected chi connectivity index (χ1v) is 8.99. The van der Waals surface area contributed by atoms with E-state index in [9.17, 15) is 14.4 Å². The van der Waals surface area contributed by atoms with Gasteiger partial charge in [0.15, 0.2) is 0 Å². The van der Waals surface area contributed by atoms with Gasteiger partial charge in [-0.1, -0.05) is 25.1 Å². The summed E-state index contributed by atoms with van der Waals surface area (Å²) in [7, 11) is 0. The minimum absolute atomic E-state index is 0.0852. The van der Waals surface area contributed by atoms with Gasteiger partial charge < -0.3 is 4.90 Å². The van der Waals surface area contributed by atoms with Crippen molar-refractivity contribution in [1.82, 2.24) is 10.9 Å². The first-order chi connectivity index (χ1) is 12.1. The number of nitrogens with zero attached hydrogens (tertiary/aromatic N) is 1. The third-order valence-electron chi connectivity index (χ3n) is 4.17. The van der Waals surface area contributed by atoms with Crippen LogP contribution in [-0.4, -0.2) is 24.3 Å². The summed E-state index contributed by atoms with van der Waals surface area (Å²) in [6.45, 7) is 2.37. The summed E-state index contributed by atoms with van der Waals surface area (Å²) in [5.41, 5.74) is 6.76. The highest BCUT2D eigenvalue weighted by Gasteiger charge is 2.35. The molecule has 1 aliphatic rings. The quantitative estimate of drug-likeness (QED) is 0.823. The molecule has 3 amide bonds. The first-order valence-electron chi connectivity index (χ1n) is 8.11. The average Bonchev–Trinajstić information content (AvgIpc) is 3.29. The molecule has 0 bridgehead atoms. The molecule has 0 radical (unpaired) electrons. The van der Waals surface area contributed by atoms with Crippen molar-refractivity contribution in [3.8, 4) is 0 Å². The van der Waals surface area contributed by atoms with Crippen molar-refractivity contribution in [3.63, 3.8) is 0 Å². The van der Waals surface area contributed by atoms with Crippen LogP contribution >= 0.6 is 11.3 Å². The van der Waals surface area contributed by atoms with Gasteiger partial charge in [-0.15, -0.1) is 11.3 Å². The number of carbonyl (C=O) groups excluding carboxylic acids is 3. The number of hydrogen-bond donors (Lipinski definition) is 2. The van der Waals surface area contributed by atoms with E-state index in [1.807, 2.05) is 24.3 Å². The number of carbonyl (C=O) groups is 3. The molecule has 1 atom stereocenters. The van der Waals surface area contributed by atoms with Crippen LogP contribution in [-0.2, 0) is 16.0 Å². The fourth-order valence-electron chi connectivity index (χ4n) is 2.77. The van der Waals surface area contributed by atoms with Crippen LogP contribution in [0.4, 0.5) is 5.69 Å². The molecule has 0 saturated carbocycles. The van der Waals surface area contributed by atoms with Gasteiger partial charge in [0.05, 0.1) is 10.8 Å². The monoisotopic (exact) mass is 357 g/mol. The molecule has 1 fully saturated rings. The minimum Gasteiger partial charge on any atom is -0.312 e. The second-order valence-corrected chi connectivity index (χ2v) is 6.80. The van der Waals surface area contributed by atoms with Crippen LogP contribution in [0.1, 0.15) is 28.6 Å². The first kappa shape index (κ1) is 17.2. The summed E-state index contributed by atoms with van der Waals surface area (Å²) >= 11 is 1.29. The van der Waals surface area contributed by atoms with Crippen LogP contribution in [0.3, 0.4) is 0 Å². The van der Waals surface area contributed by atoms with Gasteiger partial charge in [0.25, 0.3) is 5.91 Å². The average molecular weight is 357 g/mol. The van der Waals surface area contributed by atoms with Crippen molar-refractivity contribution >= 4 is 34.7 Å². The van der Waals surface area contributed by atoms with E-state index in [0.717, 1.165) is 17.7 Å². The van der Waals surface area contributed by atoms with Crippen molar-refractivity contribution < 1.29 is 14.4 Å². The molecule has 2 N–H and O–H groups in total. The number of thiophene rings is 1. The third kappa shape index (κ3) is 3.88. The van der Waals surface area contributed by atoms with E-state index in [4.69, 9.17) is 0 Å². The lowest BCUT2D eigenvalue weighted by atomic mass is 10.1. The maximum Gasteiger partial charge on any atom is 0.279 e. The smallest absolute Gasteiger partial charge is 0.279 e. The molecule has 130 valence electrons. The lowest BCUT2D eigenvalue weighted by Gasteiger charge is -2.17. The van der Waals surface area contributed by atoms with E-state index < -0.39 is 5.92 Å². The van der Waals surface area contributed by atoms with E-state index >= 15 is 0 Å². The fraction of sp³-hybridized carbons (Fsp3) is 0.278. The Hall–Kier alpha value is -2.67. The number of aryl methyl sites for hydroxylation is 1. The van der Waals surface area contributed by atoms with Crippen molar-refractivity contribution in [2.24, 2.45) is 5.92 Å². The van der Waals surface area contributed by atoms with Gasteiger partial charge in [-0.3, -0.25) is 25.2 Å². The maximum absolute atomic E-state index is 12.3. The van der Waals surface area contributed by atoms with E-state index in [0.29, 0.717) is 11.4 Å². The summed E-state index contributed by atoms with van der Waals surface area (Å²) in [4.78, 5) is 38.5. The summed E-state index contributed by atoms with van der Waals surface area (Å²) in [6, 6.07) is 11.2. The molecule has 2 heterocycles. The Morgan fingerprint density at radius 2 is 2.08 bits per heavy atom. The summed E-state index contributed by atoms with van der Waals surface area (Å²) < 4.78 is 0. The molecule has 7 heteroatoms. The zero-order chi connectivity index (χ0) is 17.8. The Morgan fingerprint density at radius 3 is 2.80 bits per heavy atom. The molecule has 3 rings (SSSR count). The summed E-state index contributed by atoms with van der Waals surface area (Å²) in [6.07, 6.45) is 1.02. The van der Waals surface area contributed by atoms with E-state index in [1.54, 1.807) is 22.4 Å². The van der Waals surface area contributed by atoms with Crippen LogP contribution in [0, 0.1) is 5.92 Å². The van der Waals surface area contributed by atoms with Crippen molar-refractivity contribution in [2.45, 2.75) is 19.8 Å². The number of rotatable bonds is 4. The van der Waals surface area contributed by atoms with E-state index in [1.165, 1.54) is 11.3 Å². The number of anilines is 1. The van der Waals surface area contributed by atoms with E-state index in [-0.39, 0.29) is 24.1 Å². The number of benzene rings is 1. The predicted molar refractivity (Wildman–Crippen MR) is 96.2 cm³/mol. The predicted octanol–water partition coefficient (Wildman–Crippen LogP) is 2.12. The van der Waals surface area contributed by atoms with Gasteiger partial charge in [-0.05, 0) is 35.6 Å². The lowest BCUT2D eigenvalue weighted by molar-refractivity contribution is -0.126. The molecular weight excluding hydrogens is 338 g/mol. The fourth-order valence-corrected chi connectivity index (χ4v) is 3.39. The van der Waals surface area contributed by atoms with Gasteiger partial charge in [0.1, 0.15) is 0 Å². The highest BCUT2D eigenvalue weighted by molar-refractivity contribution is 7.12. The van der Waals surface area contributed by atoms with Gasteiger partial charge in [0.2, 0.25) is 11.8 Å². The Labute approximate surface area is 149 Å². The molecule has 1 saturated heterocycles. The summed E-state index contributed by atoms with van der Waals surface area (Å²) in [5, 5.41) is 1.79. The molecule has 1 aromatic carbocycles. The van der Waals surface area contributed by atoms with Crippen LogP contribution in [0.5, 0.6) is 0 Å². The number of hydrazine groups is 1. The third-order valence-corrected chi connectivity index (χ3v) is 5.04. The van der Waals surface area contributed by atoms with Crippen molar-refractivity contribution in [2.75, 3.05) is 11.4 Å². The van der Waals surface area contributed by atoms with Crippen molar-refractivity contribution in [1.29, 1.82) is 0 Å². The Balaban J connectivity index is 1.59. The largest absolute Gasteiger partial charge is 0.312 e. The Morgan fingerprint density at radius 1 is 1.24 bits per heavy atom. The molecule has 25 heavy (non-hydrogen) atoms. The SMILES string of the molecule is CCc1cccc(N2C[C@@H](C(=O)NNC(=O)c3cccs3)CC2=O)c1. The van der Waals surface area contributed by atoms with Crippen LogP contribution < -0.4 is 15.8 Å². The molecular formula is C18H19N3O3S. The molecule has 1 aromatic heterocycles.